The average Bonchev–Trinajstić information content (AvgIpc) is 2.26. The minimum absolute atomic E-state index is 0.526. The molecule has 0 bridgehead atoms. The zero-order chi connectivity index (χ0) is 12.4. The molecule has 0 aliphatic heterocycles. The maximum atomic E-state index is 11.1. The fraction of sp³-hybridized carbons (Fsp3) is 0.923. The third kappa shape index (κ3) is 6.11. The summed E-state index contributed by atoms with van der Waals surface area (Å²) in [5, 5.41) is 9.14. The SMILES string of the molecule is CCCCCCCC(C)(OCCC)C(=O)O. The van der Waals surface area contributed by atoms with Crippen molar-refractivity contribution in [2.24, 2.45) is 0 Å². The van der Waals surface area contributed by atoms with Crippen LogP contribution in [-0.2, 0) is 9.53 Å². The van der Waals surface area contributed by atoms with E-state index >= 15 is 0 Å². The maximum Gasteiger partial charge on any atom is 0.335 e. The number of unbranched alkanes of at least 4 members (excludes halogenated alkanes) is 4. The summed E-state index contributed by atoms with van der Waals surface area (Å²) >= 11 is 0. The van der Waals surface area contributed by atoms with Gasteiger partial charge in [0.05, 0.1) is 0 Å². The Bertz CT molecular complexity index is 192. The van der Waals surface area contributed by atoms with Crippen molar-refractivity contribution in [3.8, 4) is 0 Å². The summed E-state index contributed by atoms with van der Waals surface area (Å²) in [5.41, 5.74) is -0.984. The lowest BCUT2D eigenvalue weighted by Gasteiger charge is -2.25. The minimum Gasteiger partial charge on any atom is -0.479 e. The van der Waals surface area contributed by atoms with Crippen LogP contribution in [0.25, 0.3) is 0 Å². The van der Waals surface area contributed by atoms with E-state index in [1.54, 1.807) is 6.92 Å². The monoisotopic (exact) mass is 230 g/mol. The molecule has 1 N–H and O–H groups in total. The van der Waals surface area contributed by atoms with Crippen LogP contribution >= 0.6 is 0 Å². The molecule has 0 aliphatic rings. The van der Waals surface area contributed by atoms with Crippen LogP contribution < -0.4 is 0 Å². The number of carboxylic acid groups (broad SMARTS) is 1. The molecule has 0 aromatic rings. The predicted molar refractivity (Wildman–Crippen MR) is 65.7 cm³/mol. The van der Waals surface area contributed by atoms with Crippen molar-refractivity contribution >= 4 is 5.97 Å². The highest BCUT2D eigenvalue weighted by atomic mass is 16.5. The Morgan fingerprint density at radius 3 is 2.25 bits per heavy atom. The molecule has 0 saturated heterocycles. The molecule has 0 amide bonds. The molecular formula is C13H26O3. The molecule has 0 heterocycles. The van der Waals surface area contributed by atoms with Gasteiger partial charge in [0.2, 0.25) is 0 Å². The largest absolute Gasteiger partial charge is 0.479 e. The second-order valence-electron chi connectivity index (χ2n) is 4.55. The number of carboxylic acids is 1. The van der Waals surface area contributed by atoms with Crippen molar-refractivity contribution in [1.29, 1.82) is 0 Å². The summed E-state index contributed by atoms with van der Waals surface area (Å²) in [7, 11) is 0. The van der Waals surface area contributed by atoms with Crippen LogP contribution in [0.3, 0.4) is 0 Å². The van der Waals surface area contributed by atoms with Crippen molar-refractivity contribution in [2.75, 3.05) is 6.61 Å². The predicted octanol–water partition coefficient (Wildman–Crippen LogP) is 3.62. The molecule has 0 aliphatic carbocycles. The first-order valence-electron chi connectivity index (χ1n) is 6.44. The van der Waals surface area contributed by atoms with Gasteiger partial charge in [-0.1, -0.05) is 39.5 Å². The lowest BCUT2D eigenvalue weighted by Crippen LogP contribution is -2.38. The number of hydrogen-bond donors (Lipinski definition) is 1. The van der Waals surface area contributed by atoms with Crippen molar-refractivity contribution < 1.29 is 14.6 Å². The fourth-order valence-corrected chi connectivity index (χ4v) is 1.63. The zero-order valence-electron chi connectivity index (χ0n) is 10.9. The molecule has 0 spiro atoms. The van der Waals surface area contributed by atoms with Gasteiger partial charge in [-0.25, -0.2) is 4.79 Å². The Labute approximate surface area is 99.2 Å². The first kappa shape index (κ1) is 15.4. The fourth-order valence-electron chi connectivity index (χ4n) is 1.63. The van der Waals surface area contributed by atoms with Crippen LogP contribution in [0.1, 0.15) is 65.7 Å². The Morgan fingerprint density at radius 2 is 1.75 bits per heavy atom. The number of aliphatic carboxylic acids is 1. The van der Waals surface area contributed by atoms with Gasteiger partial charge in [0, 0.05) is 6.61 Å². The summed E-state index contributed by atoms with van der Waals surface area (Å²) in [6.45, 7) is 6.37. The number of carbonyl (C=O) groups is 1. The Morgan fingerprint density at radius 1 is 1.12 bits per heavy atom. The number of hydrogen-bond acceptors (Lipinski definition) is 2. The van der Waals surface area contributed by atoms with Gasteiger partial charge >= 0.3 is 5.97 Å². The Balaban J connectivity index is 3.88. The highest BCUT2D eigenvalue weighted by Gasteiger charge is 2.33. The van der Waals surface area contributed by atoms with Gasteiger partial charge in [-0.05, 0) is 26.2 Å². The summed E-state index contributed by atoms with van der Waals surface area (Å²) in [6.07, 6.45) is 7.16. The highest BCUT2D eigenvalue weighted by molar-refractivity contribution is 5.76. The van der Waals surface area contributed by atoms with Gasteiger partial charge < -0.3 is 9.84 Å². The van der Waals surface area contributed by atoms with E-state index in [9.17, 15) is 4.79 Å². The standard InChI is InChI=1S/C13H26O3/c1-4-6-7-8-9-10-13(3,12(14)15)16-11-5-2/h4-11H2,1-3H3,(H,14,15). The van der Waals surface area contributed by atoms with E-state index in [0.29, 0.717) is 13.0 Å². The quantitative estimate of drug-likeness (QED) is 0.583. The summed E-state index contributed by atoms with van der Waals surface area (Å²) in [5.74, 6) is -0.837. The van der Waals surface area contributed by atoms with Crippen LogP contribution in [0.5, 0.6) is 0 Å². The lowest BCUT2D eigenvalue weighted by molar-refractivity contribution is -0.164. The molecule has 1 unspecified atom stereocenters. The molecule has 1 atom stereocenters. The Kier molecular flexibility index (Phi) is 8.26. The molecule has 3 heteroatoms. The van der Waals surface area contributed by atoms with Crippen LogP contribution in [0, 0.1) is 0 Å². The van der Waals surface area contributed by atoms with E-state index in [2.05, 4.69) is 6.92 Å². The molecule has 0 fully saturated rings. The number of ether oxygens (including phenoxy) is 1. The van der Waals surface area contributed by atoms with Gasteiger partial charge in [-0.2, -0.15) is 0 Å². The topological polar surface area (TPSA) is 46.5 Å². The molecule has 16 heavy (non-hydrogen) atoms. The van der Waals surface area contributed by atoms with Crippen LogP contribution in [0.2, 0.25) is 0 Å². The van der Waals surface area contributed by atoms with Crippen LogP contribution in [0.4, 0.5) is 0 Å². The number of rotatable bonds is 10. The smallest absolute Gasteiger partial charge is 0.335 e. The summed E-state index contributed by atoms with van der Waals surface area (Å²) in [6, 6.07) is 0. The van der Waals surface area contributed by atoms with E-state index in [0.717, 1.165) is 19.3 Å². The molecule has 96 valence electrons. The first-order valence-corrected chi connectivity index (χ1v) is 6.44. The Hall–Kier alpha value is -0.570. The molecule has 3 nitrogen and oxygen atoms in total. The van der Waals surface area contributed by atoms with Gasteiger partial charge in [0.25, 0.3) is 0 Å². The second-order valence-corrected chi connectivity index (χ2v) is 4.55. The molecular weight excluding hydrogens is 204 g/mol. The van der Waals surface area contributed by atoms with Crippen molar-refractivity contribution in [3.05, 3.63) is 0 Å². The van der Waals surface area contributed by atoms with E-state index in [-0.39, 0.29) is 0 Å². The highest BCUT2D eigenvalue weighted by Crippen LogP contribution is 2.20. The van der Waals surface area contributed by atoms with Gasteiger partial charge in [-0.3, -0.25) is 0 Å². The molecule has 0 radical (unpaired) electrons. The van der Waals surface area contributed by atoms with E-state index in [4.69, 9.17) is 9.84 Å². The minimum atomic E-state index is -0.984. The lowest BCUT2D eigenvalue weighted by atomic mass is 9.97. The van der Waals surface area contributed by atoms with Gasteiger partial charge in [-0.15, -0.1) is 0 Å². The molecule has 0 saturated carbocycles. The van der Waals surface area contributed by atoms with E-state index in [1.807, 2.05) is 6.92 Å². The van der Waals surface area contributed by atoms with Crippen LogP contribution in [-0.4, -0.2) is 23.3 Å². The third-order valence-electron chi connectivity index (χ3n) is 2.83. The normalized spacial score (nSPS) is 14.7. The van der Waals surface area contributed by atoms with Gasteiger partial charge in [0.1, 0.15) is 0 Å². The first-order chi connectivity index (χ1) is 7.56. The van der Waals surface area contributed by atoms with Crippen molar-refractivity contribution in [1.82, 2.24) is 0 Å². The summed E-state index contributed by atoms with van der Waals surface area (Å²) in [4.78, 5) is 11.1. The summed E-state index contributed by atoms with van der Waals surface area (Å²) < 4.78 is 5.45. The maximum absolute atomic E-state index is 11.1. The average molecular weight is 230 g/mol. The van der Waals surface area contributed by atoms with Gasteiger partial charge in [0.15, 0.2) is 5.60 Å². The van der Waals surface area contributed by atoms with Crippen LogP contribution in [0.15, 0.2) is 0 Å². The van der Waals surface area contributed by atoms with E-state index in [1.165, 1.54) is 19.3 Å². The third-order valence-corrected chi connectivity index (χ3v) is 2.83. The zero-order valence-corrected chi connectivity index (χ0v) is 10.9. The molecule has 0 aromatic carbocycles. The molecule has 0 rings (SSSR count). The van der Waals surface area contributed by atoms with E-state index < -0.39 is 11.6 Å². The second kappa shape index (κ2) is 8.57. The van der Waals surface area contributed by atoms with Crippen molar-refractivity contribution in [2.45, 2.75) is 71.3 Å². The molecule has 0 aromatic heterocycles. The van der Waals surface area contributed by atoms with Crippen molar-refractivity contribution in [3.63, 3.8) is 0 Å².